The van der Waals surface area contributed by atoms with Crippen LogP contribution in [-0.2, 0) is 33.3 Å². The maximum atomic E-state index is 12.8. The lowest BCUT2D eigenvalue weighted by Gasteiger charge is -2.34. The minimum absolute atomic E-state index is 0.0120. The molecule has 158 valence electrons. The zero-order valence-electron chi connectivity index (χ0n) is 16.7. The molecule has 0 bridgehead atoms. The number of rotatable bonds is 9. The van der Waals surface area contributed by atoms with E-state index in [1.165, 1.54) is 20.3 Å². The average molecular weight is 425 g/mol. The molecule has 0 saturated heterocycles. The predicted octanol–water partition coefficient (Wildman–Crippen LogP) is 2.56. The smallest absolute Gasteiger partial charge is 0.317 e. The molecule has 0 heterocycles. The Balaban J connectivity index is 2.41. The molecule has 2 rings (SSSR count). The van der Waals surface area contributed by atoms with Crippen LogP contribution in [0.5, 0.6) is 0 Å². The molecule has 0 radical (unpaired) electrons. The fourth-order valence-electron chi connectivity index (χ4n) is 3.35. The highest BCUT2D eigenvalue weighted by Crippen LogP contribution is 2.42. The Hall–Kier alpha value is -2.22. The van der Waals surface area contributed by atoms with E-state index in [4.69, 9.17) is 30.5 Å². The van der Waals surface area contributed by atoms with E-state index in [9.17, 15) is 14.4 Å². The van der Waals surface area contributed by atoms with Gasteiger partial charge in [0.25, 0.3) is 0 Å². The van der Waals surface area contributed by atoms with Gasteiger partial charge < -0.3 is 18.9 Å². The summed E-state index contributed by atoms with van der Waals surface area (Å²) in [6.45, 7) is 2.21. The van der Waals surface area contributed by atoms with Crippen molar-refractivity contribution in [2.75, 3.05) is 40.6 Å². The Kier molecular flexibility index (Phi) is 8.82. The quantitative estimate of drug-likeness (QED) is 0.342. The number of hydrogen-bond acceptors (Lipinski definition) is 7. The molecule has 0 fully saturated rings. The fourth-order valence-corrected chi connectivity index (χ4v) is 3.48. The Bertz CT molecular complexity index is 757. The highest BCUT2D eigenvalue weighted by molar-refractivity contribution is 6.30. The second-order valence-corrected chi connectivity index (χ2v) is 7.08. The molecular formula is C21H25ClO7. The molecule has 1 aliphatic carbocycles. The van der Waals surface area contributed by atoms with E-state index in [2.05, 4.69) is 0 Å². The van der Waals surface area contributed by atoms with Crippen molar-refractivity contribution < 1.29 is 33.3 Å². The zero-order chi connectivity index (χ0) is 21.4. The van der Waals surface area contributed by atoms with Crippen molar-refractivity contribution >= 4 is 29.3 Å². The van der Waals surface area contributed by atoms with E-state index in [0.717, 1.165) is 0 Å². The van der Waals surface area contributed by atoms with E-state index in [-0.39, 0.29) is 26.4 Å². The first-order chi connectivity index (χ1) is 13.9. The van der Waals surface area contributed by atoms with Gasteiger partial charge in [-0.2, -0.15) is 0 Å². The highest BCUT2D eigenvalue weighted by atomic mass is 35.5. The predicted molar refractivity (Wildman–Crippen MR) is 106 cm³/mol. The lowest BCUT2D eigenvalue weighted by molar-refractivity contribution is -0.156. The van der Waals surface area contributed by atoms with E-state index in [1.54, 1.807) is 31.2 Å². The summed E-state index contributed by atoms with van der Waals surface area (Å²) in [5, 5.41) is 0.501. The van der Waals surface area contributed by atoms with Crippen LogP contribution < -0.4 is 0 Å². The number of esters is 2. The van der Waals surface area contributed by atoms with Crippen LogP contribution in [0.3, 0.4) is 0 Å². The summed E-state index contributed by atoms with van der Waals surface area (Å²) in [6.07, 6.45) is 1.32. The molecule has 3 atom stereocenters. The second kappa shape index (κ2) is 11.1. The van der Waals surface area contributed by atoms with E-state index in [1.807, 2.05) is 0 Å². The van der Waals surface area contributed by atoms with Crippen molar-refractivity contribution in [3.05, 3.63) is 46.5 Å². The molecule has 1 aromatic carbocycles. The number of methoxy groups -OCH3 is 2. The number of ether oxygens (including phenoxy) is 4. The molecule has 0 aliphatic heterocycles. The summed E-state index contributed by atoms with van der Waals surface area (Å²) in [5.41, 5.74) is 1.15. The number of allylic oxidation sites excluding steroid dienone is 1. The van der Waals surface area contributed by atoms with Crippen molar-refractivity contribution in [1.29, 1.82) is 0 Å². The third-order valence-corrected chi connectivity index (χ3v) is 4.96. The Morgan fingerprint density at radius 3 is 1.93 bits per heavy atom. The highest BCUT2D eigenvalue weighted by Gasteiger charge is 2.47. The van der Waals surface area contributed by atoms with Gasteiger partial charge in [0.1, 0.15) is 19.1 Å². The van der Waals surface area contributed by atoms with Crippen LogP contribution in [0.2, 0.25) is 5.02 Å². The summed E-state index contributed by atoms with van der Waals surface area (Å²) in [6, 6.07) is 6.69. The minimum atomic E-state index is -1.17. The monoisotopic (exact) mass is 424 g/mol. The van der Waals surface area contributed by atoms with Crippen molar-refractivity contribution in [1.82, 2.24) is 0 Å². The third-order valence-electron chi connectivity index (χ3n) is 4.71. The molecule has 0 aromatic heterocycles. The minimum Gasteiger partial charge on any atom is -0.463 e. The van der Waals surface area contributed by atoms with Crippen LogP contribution in [0.15, 0.2) is 35.9 Å². The summed E-state index contributed by atoms with van der Waals surface area (Å²) in [7, 11) is 2.98. The maximum absolute atomic E-state index is 12.8. The average Bonchev–Trinajstić information content (AvgIpc) is 2.68. The number of hydrogen-bond donors (Lipinski definition) is 0. The number of carbonyl (C=O) groups is 3. The van der Waals surface area contributed by atoms with Gasteiger partial charge in [-0.25, -0.2) is 0 Å². The molecule has 0 amide bonds. The van der Waals surface area contributed by atoms with Gasteiger partial charge >= 0.3 is 11.9 Å². The van der Waals surface area contributed by atoms with Gasteiger partial charge in [0, 0.05) is 25.2 Å². The number of ketones is 1. The van der Waals surface area contributed by atoms with Crippen molar-refractivity contribution in [3.63, 3.8) is 0 Å². The van der Waals surface area contributed by atoms with Crippen LogP contribution in [0.25, 0.3) is 0 Å². The summed E-state index contributed by atoms with van der Waals surface area (Å²) < 4.78 is 20.3. The zero-order valence-corrected chi connectivity index (χ0v) is 17.4. The largest absolute Gasteiger partial charge is 0.463 e. The molecule has 1 aliphatic rings. The molecule has 0 spiro atoms. The molecule has 3 unspecified atom stereocenters. The Labute approximate surface area is 174 Å². The molecule has 8 heteroatoms. The lowest BCUT2D eigenvalue weighted by atomic mass is 9.68. The summed E-state index contributed by atoms with van der Waals surface area (Å²) in [4.78, 5) is 38.3. The van der Waals surface area contributed by atoms with Crippen LogP contribution in [-0.4, -0.2) is 58.4 Å². The standard InChI is InChI=1S/C21H25ClO7/c1-13-12-16(23)19(21(25)29-11-9-27-3)18(14-4-6-15(22)7-5-14)17(13)20(24)28-10-8-26-2/h4-7,12,17-19H,8-11H2,1-3H3. The molecule has 29 heavy (non-hydrogen) atoms. The number of halogens is 1. The van der Waals surface area contributed by atoms with Gasteiger partial charge in [-0.15, -0.1) is 0 Å². The molecule has 7 nitrogen and oxygen atoms in total. The van der Waals surface area contributed by atoms with Gasteiger partial charge in [0.2, 0.25) is 0 Å². The van der Waals surface area contributed by atoms with Gasteiger partial charge in [0.15, 0.2) is 5.78 Å². The summed E-state index contributed by atoms with van der Waals surface area (Å²) in [5.74, 6) is -4.40. The second-order valence-electron chi connectivity index (χ2n) is 6.64. The van der Waals surface area contributed by atoms with Crippen molar-refractivity contribution in [2.45, 2.75) is 12.8 Å². The maximum Gasteiger partial charge on any atom is 0.317 e. The van der Waals surface area contributed by atoms with Gasteiger partial charge in [-0.3, -0.25) is 14.4 Å². The normalized spacial score (nSPS) is 21.4. The van der Waals surface area contributed by atoms with Crippen LogP contribution >= 0.6 is 11.6 Å². The van der Waals surface area contributed by atoms with E-state index >= 15 is 0 Å². The SMILES string of the molecule is COCCOC(=O)C1C(=O)C=C(C)C(C(=O)OCCOC)C1c1ccc(Cl)cc1. The van der Waals surface area contributed by atoms with Crippen LogP contribution in [0, 0.1) is 11.8 Å². The Morgan fingerprint density at radius 2 is 1.41 bits per heavy atom. The van der Waals surface area contributed by atoms with Gasteiger partial charge in [-0.1, -0.05) is 29.3 Å². The van der Waals surface area contributed by atoms with E-state index < -0.39 is 35.5 Å². The lowest BCUT2D eigenvalue weighted by Crippen LogP contribution is -2.42. The van der Waals surface area contributed by atoms with Gasteiger partial charge in [0.05, 0.1) is 19.1 Å². The molecule has 1 aromatic rings. The van der Waals surface area contributed by atoms with Crippen molar-refractivity contribution in [2.24, 2.45) is 11.8 Å². The first-order valence-electron chi connectivity index (χ1n) is 9.19. The molecule has 0 N–H and O–H groups in total. The fraction of sp³-hybridized carbons (Fsp3) is 0.476. The first kappa shape index (κ1) is 23.1. The topological polar surface area (TPSA) is 88.1 Å². The third kappa shape index (κ3) is 5.88. The van der Waals surface area contributed by atoms with Crippen LogP contribution in [0.4, 0.5) is 0 Å². The molecule has 0 saturated carbocycles. The van der Waals surface area contributed by atoms with E-state index in [0.29, 0.717) is 16.2 Å². The summed E-state index contributed by atoms with van der Waals surface area (Å²) >= 11 is 5.99. The molecular weight excluding hydrogens is 400 g/mol. The van der Waals surface area contributed by atoms with Crippen LogP contribution in [0.1, 0.15) is 18.4 Å². The van der Waals surface area contributed by atoms with Gasteiger partial charge in [-0.05, 0) is 30.7 Å². The number of carbonyl (C=O) groups excluding carboxylic acids is 3. The Morgan fingerprint density at radius 1 is 0.897 bits per heavy atom. The number of benzene rings is 1. The first-order valence-corrected chi connectivity index (χ1v) is 9.57. The van der Waals surface area contributed by atoms with Crippen molar-refractivity contribution in [3.8, 4) is 0 Å².